The molecule has 28 heavy (non-hydrogen) atoms. The van der Waals surface area contributed by atoms with Gasteiger partial charge in [-0.15, -0.1) is 0 Å². The van der Waals surface area contributed by atoms with E-state index >= 15 is 0 Å². The number of anilines is 2. The zero-order valence-corrected chi connectivity index (χ0v) is 17.8. The number of hydrogen-bond donors (Lipinski definition) is 1. The van der Waals surface area contributed by atoms with E-state index in [0.717, 1.165) is 16.7 Å². The molecular formula is C21H25N3O3Si. The summed E-state index contributed by atoms with van der Waals surface area (Å²) in [5.74, 6) is 1.28. The summed E-state index contributed by atoms with van der Waals surface area (Å²) < 4.78 is 6.49. The number of nitrogens with one attached hydrogen (secondary N) is 1. The second-order valence-electron chi connectivity index (χ2n) is 8.29. The van der Waals surface area contributed by atoms with E-state index in [1.165, 1.54) is 6.07 Å². The zero-order chi connectivity index (χ0) is 20.5. The quantitative estimate of drug-likeness (QED) is 0.313. The largest absolute Gasteiger partial charge is 0.542 e. The molecule has 0 spiro atoms. The maximum Gasteiger partial charge on any atom is 0.292 e. The monoisotopic (exact) mass is 395 g/mol. The highest BCUT2D eigenvalue weighted by Crippen LogP contribution is 2.39. The van der Waals surface area contributed by atoms with E-state index in [4.69, 9.17) is 9.41 Å². The van der Waals surface area contributed by atoms with Gasteiger partial charge in [0.05, 0.1) is 4.92 Å². The van der Waals surface area contributed by atoms with Gasteiger partial charge in [-0.3, -0.25) is 10.1 Å². The van der Waals surface area contributed by atoms with Crippen molar-refractivity contribution >= 4 is 36.4 Å². The van der Waals surface area contributed by atoms with Crippen LogP contribution in [0.2, 0.25) is 18.1 Å². The van der Waals surface area contributed by atoms with Crippen molar-refractivity contribution in [1.29, 1.82) is 0 Å². The second-order valence-corrected chi connectivity index (χ2v) is 13.0. The number of nitro groups is 1. The van der Waals surface area contributed by atoms with Gasteiger partial charge >= 0.3 is 0 Å². The van der Waals surface area contributed by atoms with Gasteiger partial charge in [-0.25, -0.2) is 4.98 Å². The molecule has 1 aromatic heterocycles. The number of hydrogen-bond acceptors (Lipinski definition) is 5. The minimum absolute atomic E-state index is 0.00945. The molecule has 0 fully saturated rings. The third-order valence-corrected chi connectivity index (χ3v) is 9.56. The molecule has 0 unspecified atom stereocenters. The standard InChI is InChI=1S/C21H25N3O3Si/c1-21(2,3)28(4,5)27-18-12-8-9-15-13-14-19(23-20(15)18)22-16-10-6-7-11-17(16)24(25)26/h6-14H,1-5H3,(H,22,23). The van der Waals surface area contributed by atoms with E-state index in [1.807, 2.05) is 30.3 Å². The molecule has 6 nitrogen and oxygen atoms in total. The van der Waals surface area contributed by atoms with Crippen LogP contribution in [-0.2, 0) is 0 Å². The Labute approximate surface area is 165 Å². The van der Waals surface area contributed by atoms with Crippen LogP contribution >= 0.6 is 0 Å². The van der Waals surface area contributed by atoms with Gasteiger partial charge in [0.2, 0.25) is 0 Å². The molecule has 0 aliphatic heterocycles. The van der Waals surface area contributed by atoms with E-state index in [-0.39, 0.29) is 10.7 Å². The minimum atomic E-state index is -2.03. The van der Waals surface area contributed by atoms with E-state index in [0.29, 0.717) is 11.5 Å². The number of nitrogens with zero attached hydrogens (tertiary/aromatic N) is 2. The molecular weight excluding hydrogens is 370 g/mol. The van der Waals surface area contributed by atoms with E-state index < -0.39 is 13.2 Å². The van der Waals surface area contributed by atoms with Crippen LogP contribution in [-0.4, -0.2) is 18.2 Å². The molecule has 0 aliphatic carbocycles. The fourth-order valence-corrected chi connectivity index (χ4v) is 3.60. The summed E-state index contributed by atoms with van der Waals surface area (Å²) in [6.45, 7) is 11.0. The number of aromatic nitrogens is 1. The SMILES string of the molecule is CC(C)(C)[Si](C)(C)Oc1cccc2ccc(Nc3ccccc3[N+](=O)[O-])nc12. The molecule has 0 radical (unpaired) electrons. The number of pyridine rings is 1. The van der Waals surface area contributed by atoms with Gasteiger partial charge in [-0.2, -0.15) is 0 Å². The summed E-state index contributed by atoms with van der Waals surface area (Å²) in [4.78, 5) is 15.6. The predicted molar refractivity (Wildman–Crippen MR) is 116 cm³/mol. The Hall–Kier alpha value is -2.93. The smallest absolute Gasteiger partial charge is 0.292 e. The molecule has 0 aliphatic rings. The van der Waals surface area contributed by atoms with E-state index in [9.17, 15) is 10.1 Å². The first-order valence-electron chi connectivity index (χ1n) is 9.18. The van der Waals surface area contributed by atoms with Crippen molar-refractivity contribution in [3.8, 4) is 5.75 Å². The lowest BCUT2D eigenvalue weighted by atomic mass is 10.2. The highest BCUT2D eigenvalue weighted by molar-refractivity contribution is 6.74. The van der Waals surface area contributed by atoms with Crippen LogP contribution in [0.15, 0.2) is 54.6 Å². The molecule has 0 amide bonds. The van der Waals surface area contributed by atoms with Crippen molar-refractivity contribution in [2.24, 2.45) is 0 Å². The van der Waals surface area contributed by atoms with Gasteiger partial charge in [0.1, 0.15) is 22.8 Å². The van der Waals surface area contributed by atoms with Gasteiger partial charge in [0.15, 0.2) is 0 Å². The first-order valence-corrected chi connectivity index (χ1v) is 12.1. The minimum Gasteiger partial charge on any atom is -0.542 e. The first kappa shape index (κ1) is 19.8. The van der Waals surface area contributed by atoms with Gasteiger partial charge in [-0.05, 0) is 42.4 Å². The third kappa shape index (κ3) is 3.99. The molecule has 0 bridgehead atoms. The van der Waals surface area contributed by atoms with Crippen LogP contribution < -0.4 is 9.74 Å². The number of fused-ring (bicyclic) bond motifs is 1. The molecule has 0 saturated heterocycles. The summed E-state index contributed by atoms with van der Waals surface area (Å²) in [6.07, 6.45) is 0. The van der Waals surface area contributed by atoms with Crippen molar-refractivity contribution in [1.82, 2.24) is 4.98 Å². The molecule has 1 N–H and O–H groups in total. The van der Waals surface area contributed by atoms with Crippen molar-refractivity contribution < 1.29 is 9.35 Å². The van der Waals surface area contributed by atoms with Crippen molar-refractivity contribution in [3.05, 3.63) is 64.7 Å². The van der Waals surface area contributed by atoms with Crippen molar-refractivity contribution in [2.45, 2.75) is 38.9 Å². The molecule has 0 atom stereocenters. The Balaban J connectivity index is 2.01. The van der Waals surface area contributed by atoms with Gasteiger partial charge in [-0.1, -0.05) is 45.0 Å². The summed E-state index contributed by atoms with van der Waals surface area (Å²) in [6, 6.07) is 16.2. The number of para-hydroxylation sites is 3. The van der Waals surface area contributed by atoms with Crippen molar-refractivity contribution in [2.75, 3.05) is 5.32 Å². The number of rotatable bonds is 5. The lowest BCUT2D eigenvalue weighted by molar-refractivity contribution is -0.383. The summed E-state index contributed by atoms with van der Waals surface area (Å²) in [7, 11) is -2.03. The summed E-state index contributed by atoms with van der Waals surface area (Å²) >= 11 is 0. The van der Waals surface area contributed by atoms with Crippen molar-refractivity contribution in [3.63, 3.8) is 0 Å². The fraction of sp³-hybridized carbons (Fsp3) is 0.286. The van der Waals surface area contributed by atoms with Crippen LogP contribution in [0.3, 0.4) is 0 Å². The highest BCUT2D eigenvalue weighted by atomic mass is 28.4. The molecule has 2 aromatic carbocycles. The number of nitro benzene ring substituents is 1. The fourth-order valence-electron chi connectivity index (χ4n) is 2.58. The maximum absolute atomic E-state index is 11.3. The highest BCUT2D eigenvalue weighted by Gasteiger charge is 2.39. The summed E-state index contributed by atoms with van der Waals surface area (Å²) in [5, 5.41) is 15.4. The molecule has 0 saturated carbocycles. The average molecular weight is 396 g/mol. The molecule has 1 heterocycles. The molecule has 7 heteroatoms. The van der Waals surface area contributed by atoms with Crippen LogP contribution in [0, 0.1) is 10.1 Å². The molecule has 3 aromatic rings. The lowest BCUT2D eigenvalue weighted by Gasteiger charge is -2.36. The predicted octanol–water partition coefficient (Wildman–Crippen LogP) is 6.27. The Morgan fingerprint density at radius 3 is 2.43 bits per heavy atom. The average Bonchev–Trinajstić information content (AvgIpc) is 2.61. The van der Waals surface area contributed by atoms with Gasteiger partial charge in [0, 0.05) is 11.5 Å². The summed E-state index contributed by atoms with van der Waals surface area (Å²) in [5.41, 5.74) is 1.16. The lowest BCUT2D eigenvalue weighted by Crippen LogP contribution is -2.43. The Kier molecular flexibility index (Phi) is 5.12. The Bertz CT molecular complexity index is 1030. The maximum atomic E-state index is 11.3. The second kappa shape index (κ2) is 7.24. The van der Waals surface area contributed by atoms with Crippen LogP contribution in [0.4, 0.5) is 17.2 Å². The Morgan fingerprint density at radius 2 is 1.75 bits per heavy atom. The van der Waals surface area contributed by atoms with E-state index in [2.05, 4.69) is 39.2 Å². The first-order chi connectivity index (χ1) is 13.1. The zero-order valence-electron chi connectivity index (χ0n) is 16.8. The van der Waals surface area contributed by atoms with Crippen LogP contribution in [0.25, 0.3) is 10.9 Å². The topological polar surface area (TPSA) is 77.3 Å². The van der Waals surface area contributed by atoms with E-state index in [1.54, 1.807) is 18.2 Å². The van der Waals surface area contributed by atoms with Crippen LogP contribution in [0.1, 0.15) is 20.8 Å². The Morgan fingerprint density at radius 1 is 1.04 bits per heavy atom. The number of benzene rings is 2. The van der Waals surface area contributed by atoms with Crippen LogP contribution in [0.5, 0.6) is 5.75 Å². The normalized spacial score (nSPS) is 12.0. The molecule has 3 rings (SSSR count). The molecule has 146 valence electrons. The van der Waals surface area contributed by atoms with Gasteiger partial charge < -0.3 is 9.74 Å². The van der Waals surface area contributed by atoms with Gasteiger partial charge in [0.25, 0.3) is 14.0 Å². The third-order valence-electron chi connectivity index (χ3n) is 5.22.